The molecule has 0 saturated carbocycles. The smallest absolute Gasteiger partial charge is 0.227 e. The summed E-state index contributed by atoms with van der Waals surface area (Å²) in [6.07, 6.45) is 0.517. The van der Waals surface area contributed by atoms with Crippen LogP contribution in [0.15, 0.2) is 16.8 Å². The number of likely N-dealkylation sites (tertiary alicyclic amines) is 1. The fraction of sp³-hybridized carbons (Fsp3) is 0.545. The molecule has 2 unspecified atom stereocenters. The van der Waals surface area contributed by atoms with E-state index in [0.717, 1.165) is 12.1 Å². The van der Waals surface area contributed by atoms with Crippen LogP contribution in [-0.2, 0) is 11.2 Å². The molecule has 82 valence electrons. The van der Waals surface area contributed by atoms with E-state index in [1.165, 1.54) is 0 Å². The molecule has 0 aromatic carbocycles. The lowest BCUT2D eigenvalue weighted by Gasteiger charge is -2.15. The van der Waals surface area contributed by atoms with Crippen LogP contribution in [0.2, 0.25) is 0 Å². The SMILES string of the molecule is CC1CN(C(=O)Cc2ccsc2)CC1N. The summed E-state index contributed by atoms with van der Waals surface area (Å²) in [5.74, 6) is 0.629. The Hall–Kier alpha value is -0.870. The topological polar surface area (TPSA) is 46.3 Å². The second kappa shape index (κ2) is 4.33. The third-order valence-corrected chi connectivity index (χ3v) is 3.69. The van der Waals surface area contributed by atoms with Gasteiger partial charge in [-0.15, -0.1) is 0 Å². The van der Waals surface area contributed by atoms with E-state index >= 15 is 0 Å². The second-order valence-corrected chi connectivity index (χ2v) is 5.03. The maximum atomic E-state index is 11.9. The minimum Gasteiger partial charge on any atom is -0.341 e. The number of carbonyl (C=O) groups excluding carboxylic acids is 1. The normalized spacial score (nSPS) is 25.9. The van der Waals surface area contributed by atoms with Gasteiger partial charge in [-0.05, 0) is 28.3 Å². The van der Waals surface area contributed by atoms with Crippen molar-refractivity contribution in [2.45, 2.75) is 19.4 Å². The summed E-state index contributed by atoms with van der Waals surface area (Å²) in [5, 5.41) is 4.03. The van der Waals surface area contributed by atoms with Gasteiger partial charge in [0, 0.05) is 19.1 Å². The van der Waals surface area contributed by atoms with Crippen molar-refractivity contribution in [2.75, 3.05) is 13.1 Å². The van der Waals surface area contributed by atoms with Gasteiger partial charge >= 0.3 is 0 Å². The molecule has 0 aliphatic carbocycles. The number of hydrogen-bond acceptors (Lipinski definition) is 3. The summed E-state index contributed by atoms with van der Waals surface area (Å²) >= 11 is 1.63. The zero-order chi connectivity index (χ0) is 10.8. The minimum absolute atomic E-state index is 0.149. The van der Waals surface area contributed by atoms with Crippen molar-refractivity contribution in [1.29, 1.82) is 0 Å². The number of nitrogens with two attached hydrogens (primary N) is 1. The zero-order valence-electron chi connectivity index (χ0n) is 8.85. The lowest BCUT2D eigenvalue weighted by Crippen LogP contribution is -2.33. The first-order chi connectivity index (χ1) is 7.16. The molecule has 4 heteroatoms. The van der Waals surface area contributed by atoms with Crippen LogP contribution in [0.5, 0.6) is 0 Å². The summed E-state index contributed by atoms with van der Waals surface area (Å²) in [7, 11) is 0. The number of rotatable bonds is 2. The van der Waals surface area contributed by atoms with E-state index in [-0.39, 0.29) is 11.9 Å². The van der Waals surface area contributed by atoms with Gasteiger partial charge in [-0.2, -0.15) is 11.3 Å². The van der Waals surface area contributed by atoms with Gasteiger partial charge in [0.25, 0.3) is 0 Å². The first-order valence-corrected chi connectivity index (χ1v) is 6.15. The van der Waals surface area contributed by atoms with Gasteiger partial charge in [0.2, 0.25) is 5.91 Å². The van der Waals surface area contributed by atoms with E-state index in [1.807, 2.05) is 21.7 Å². The van der Waals surface area contributed by atoms with Crippen LogP contribution in [0, 0.1) is 5.92 Å². The molecule has 1 saturated heterocycles. The van der Waals surface area contributed by atoms with Gasteiger partial charge in [0.15, 0.2) is 0 Å². The summed E-state index contributed by atoms with van der Waals surface area (Å²) in [4.78, 5) is 13.8. The van der Waals surface area contributed by atoms with E-state index < -0.39 is 0 Å². The number of carbonyl (C=O) groups is 1. The maximum absolute atomic E-state index is 11.9. The molecule has 2 heterocycles. The average molecular weight is 224 g/mol. The van der Waals surface area contributed by atoms with E-state index in [9.17, 15) is 4.79 Å². The molecule has 1 aliphatic rings. The molecule has 0 bridgehead atoms. The molecular formula is C11H16N2OS. The lowest BCUT2D eigenvalue weighted by atomic mass is 10.1. The Morgan fingerprint density at radius 1 is 1.67 bits per heavy atom. The van der Waals surface area contributed by atoms with Gasteiger partial charge in [-0.3, -0.25) is 4.79 Å². The van der Waals surface area contributed by atoms with Gasteiger partial charge in [0.05, 0.1) is 6.42 Å². The molecule has 3 nitrogen and oxygen atoms in total. The molecule has 0 spiro atoms. The van der Waals surface area contributed by atoms with Gasteiger partial charge in [-0.25, -0.2) is 0 Å². The monoisotopic (exact) mass is 224 g/mol. The van der Waals surface area contributed by atoms with Gasteiger partial charge in [0.1, 0.15) is 0 Å². The Kier molecular flexibility index (Phi) is 3.07. The van der Waals surface area contributed by atoms with Crippen molar-refractivity contribution in [1.82, 2.24) is 4.90 Å². The highest BCUT2D eigenvalue weighted by atomic mass is 32.1. The summed E-state index contributed by atoms with van der Waals surface area (Å²) in [5.41, 5.74) is 7.00. The number of hydrogen-bond donors (Lipinski definition) is 1. The molecular weight excluding hydrogens is 208 g/mol. The van der Waals surface area contributed by atoms with Crippen LogP contribution in [-0.4, -0.2) is 29.9 Å². The Bertz CT molecular complexity index is 326. The largest absolute Gasteiger partial charge is 0.341 e. The summed E-state index contributed by atoms with van der Waals surface area (Å²) in [6, 6.07) is 2.15. The number of thiophene rings is 1. The predicted octanol–water partition coefficient (Wildman–Crippen LogP) is 1.10. The molecule has 2 atom stereocenters. The van der Waals surface area contributed by atoms with Gasteiger partial charge in [-0.1, -0.05) is 6.92 Å². The molecule has 15 heavy (non-hydrogen) atoms. The summed E-state index contributed by atoms with van der Waals surface area (Å²) in [6.45, 7) is 3.62. The Morgan fingerprint density at radius 3 is 3.00 bits per heavy atom. The number of nitrogens with zero attached hydrogens (tertiary/aromatic N) is 1. The zero-order valence-corrected chi connectivity index (χ0v) is 9.67. The van der Waals surface area contributed by atoms with Crippen LogP contribution in [0.3, 0.4) is 0 Å². The summed E-state index contributed by atoms with van der Waals surface area (Å²) < 4.78 is 0. The van der Waals surface area contributed by atoms with Gasteiger partial charge < -0.3 is 10.6 Å². The Labute approximate surface area is 93.9 Å². The number of amides is 1. The van der Waals surface area contributed by atoms with Crippen molar-refractivity contribution < 1.29 is 4.79 Å². The third-order valence-electron chi connectivity index (χ3n) is 2.96. The van der Waals surface area contributed by atoms with Crippen molar-refractivity contribution in [2.24, 2.45) is 11.7 Å². The Morgan fingerprint density at radius 2 is 2.47 bits per heavy atom. The highest BCUT2D eigenvalue weighted by Crippen LogP contribution is 2.16. The molecule has 1 fully saturated rings. The first-order valence-electron chi connectivity index (χ1n) is 5.21. The van der Waals surface area contributed by atoms with Crippen molar-refractivity contribution in [3.05, 3.63) is 22.4 Å². The van der Waals surface area contributed by atoms with E-state index in [4.69, 9.17) is 5.73 Å². The molecule has 0 radical (unpaired) electrons. The van der Waals surface area contributed by atoms with Crippen LogP contribution < -0.4 is 5.73 Å². The van der Waals surface area contributed by atoms with Crippen molar-refractivity contribution in [3.8, 4) is 0 Å². The molecule has 2 rings (SSSR count). The Balaban J connectivity index is 1.92. The van der Waals surface area contributed by atoms with E-state index in [2.05, 4.69) is 6.92 Å². The van der Waals surface area contributed by atoms with Crippen LogP contribution in [0.25, 0.3) is 0 Å². The third kappa shape index (κ3) is 2.38. The standard InChI is InChI=1S/C11H16N2OS/c1-8-5-13(6-10(8)12)11(14)4-9-2-3-15-7-9/h2-3,7-8,10H,4-6,12H2,1H3. The van der Waals surface area contributed by atoms with Crippen molar-refractivity contribution >= 4 is 17.2 Å². The average Bonchev–Trinajstić information content (AvgIpc) is 2.78. The maximum Gasteiger partial charge on any atom is 0.227 e. The lowest BCUT2D eigenvalue weighted by molar-refractivity contribution is -0.129. The van der Waals surface area contributed by atoms with Crippen LogP contribution in [0.1, 0.15) is 12.5 Å². The van der Waals surface area contributed by atoms with Crippen LogP contribution in [0.4, 0.5) is 0 Å². The quantitative estimate of drug-likeness (QED) is 0.817. The fourth-order valence-electron chi connectivity index (χ4n) is 1.88. The van der Waals surface area contributed by atoms with Crippen LogP contribution >= 0.6 is 11.3 Å². The van der Waals surface area contributed by atoms with E-state index in [0.29, 0.717) is 18.9 Å². The highest BCUT2D eigenvalue weighted by Gasteiger charge is 2.29. The van der Waals surface area contributed by atoms with E-state index in [1.54, 1.807) is 11.3 Å². The second-order valence-electron chi connectivity index (χ2n) is 4.25. The molecule has 2 N–H and O–H groups in total. The fourth-order valence-corrected chi connectivity index (χ4v) is 2.54. The van der Waals surface area contributed by atoms with Crippen molar-refractivity contribution in [3.63, 3.8) is 0 Å². The highest BCUT2D eigenvalue weighted by molar-refractivity contribution is 7.07. The molecule has 1 amide bonds. The molecule has 1 aromatic heterocycles. The molecule has 1 aromatic rings. The predicted molar refractivity (Wildman–Crippen MR) is 61.7 cm³/mol. The minimum atomic E-state index is 0.149. The first kappa shape index (κ1) is 10.6. The molecule has 1 aliphatic heterocycles.